The van der Waals surface area contributed by atoms with Gasteiger partial charge in [0.1, 0.15) is 11.8 Å². The maximum atomic E-state index is 12.0. The molecule has 1 aliphatic rings. The zero-order valence-electron chi connectivity index (χ0n) is 11.8. The van der Waals surface area contributed by atoms with Crippen LogP contribution in [0.3, 0.4) is 0 Å². The van der Waals surface area contributed by atoms with Crippen molar-refractivity contribution in [3.63, 3.8) is 0 Å². The van der Waals surface area contributed by atoms with Crippen LogP contribution in [0.25, 0.3) is 11.3 Å². The SMILES string of the molecule is COc1ccccc1-c1cc(NC(=O)C2CNC(=O)N2)n[nH]1. The fourth-order valence-electron chi connectivity index (χ4n) is 2.22. The number of hydrogen-bond donors (Lipinski definition) is 4. The summed E-state index contributed by atoms with van der Waals surface area (Å²) in [6.45, 7) is 0.258. The maximum absolute atomic E-state index is 12.0. The monoisotopic (exact) mass is 301 g/mol. The Kier molecular flexibility index (Phi) is 3.65. The molecule has 0 radical (unpaired) electrons. The van der Waals surface area contributed by atoms with Crippen LogP contribution >= 0.6 is 0 Å². The molecule has 0 saturated carbocycles. The van der Waals surface area contributed by atoms with E-state index in [0.29, 0.717) is 11.6 Å². The predicted octanol–water partition coefficient (Wildman–Crippen LogP) is 0.705. The van der Waals surface area contributed by atoms with E-state index in [9.17, 15) is 9.59 Å². The summed E-state index contributed by atoms with van der Waals surface area (Å²) in [6, 6.07) is 8.25. The molecule has 8 nitrogen and oxygen atoms in total. The fourth-order valence-corrected chi connectivity index (χ4v) is 2.22. The fraction of sp³-hybridized carbons (Fsp3) is 0.214. The summed E-state index contributed by atoms with van der Waals surface area (Å²) in [7, 11) is 1.59. The number of amides is 3. The van der Waals surface area contributed by atoms with E-state index in [2.05, 4.69) is 26.1 Å². The molecule has 1 atom stereocenters. The number of ether oxygens (including phenoxy) is 1. The summed E-state index contributed by atoms with van der Waals surface area (Å²) < 4.78 is 5.29. The van der Waals surface area contributed by atoms with E-state index in [0.717, 1.165) is 11.3 Å². The van der Waals surface area contributed by atoms with Gasteiger partial charge in [0.2, 0.25) is 5.91 Å². The number of H-pyrrole nitrogens is 1. The largest absolute Gasteiger partial charge is 0.496 e. The van der Waals surface area contributed by atoms with E-state index >= 15 is 0 Å². The van der Waals surface area contributed by atoms with E-state index in [1.165, 1.54) is 0 Å². The molecule has 1 aromatic carbocycles. The molecular weight excluding hydrogens is 286 g/mol. The molecule has 2 heterocycles. The Labute approximate surface area is 126 Å². The van der Waals surface area contributed by atoms with Crippen LogP contribution in [0.15, 0.2) is 30.3 Å². The highest BCUT2D eigenvalue weighted by Gasteiger charge is 2.27. The second-order valence-corrected chi connectivity index (χ2v) is 4.76. The van der Waals surface area contributed by atoms with Crippen molar-refractivity contribution in [3.8, 4) is 17.0 Å². The molecule has 4 N–H and O–H groups in total. The van der Waals surface area contributed by atoms with E-state index in [-0.39, 0.29) is 18.5 Å². The number of urea groups is 1. The predicted molar refractivity (Wildman–Crippen MR) is 79.5 cm³/mol. The van der Waals surface area contributed by atoms with Gasteiger partial charge in [-0.25, -0.2) is 4.79 Å². The lowest BCUT2D eigenvalue weighted by molar-refractivity contribution is -0.117. The number of aromatic nitrogens is 2. The lowest BCUT2D eigenvalue weighted by atomic mass is 10.1. The summed E-state index contributed by atoms with van der Waals surface area (Å²) >= 11 is 0. The summed E-state index contributed by atoms with van der Waals surface area (Å²) in [5, 5.41) is 14.6. The van der Waals surface area contributed by atoms with Crippen LogP contribution < -0.4 is 20.7 Å². The average Bonchev–Trinajstić information content (AvgIpc) is 3.16. The van der Waals surface area contributed by atoms with Crippen molar-refractivity contribution in [1.29, 1.82) is 0 Å². The molecular formula is C14H15N5O3. The normalized spacial score (nSPS) is 16.8. The van der Waals surface area contributed by atoms with Gasteiger partial charge in [0.05, 0.1) is 12.8 Å². The summed E-state index contributed by atoms with van der Waals surface area (Å²) in [5.41, 5.74) is 1.56. The third kappa shape index (κ3) is 2.71. The molecule has 1 saturated heterocycles. The van der Waals surface area contributed by atoms with Gasteiger partial charge in [-0.05, 0) is 12.1 Å². The summed E-state index contributed by atoms with van der Waals surface area (Å²) in [4.78, 5) is 23.0. The molecule has 1 aromatic heterocycles. The number of carbonyl (C=O) groups excluding carboxylic acids is 2. The lowest BCUT2D eigenvalue weighted by Gasteiger charge is -2.07. The van der Waals surface area contributed by atoms with E-state index in [4.69, 9.17) is 4.74 Å². The highest BCUT2D eigenvalue weighted by Crippen LogP contribution is 2.29. The highest BCUT2D eigenvalue weighted by molar-refractivity contribution is 5.98. The van der Waals surface area contributed by atoms with Crippen LogP contribution in [0.1, 0.15) is 0 Å². The van der Waals surface area contributed by atoms with Gasteiger partial charge < -0.3 is 20.7 Å². The van der Waals surface area contributed by atoms with Gasteiger partial charge in [0.15, 0.2) is 5.82 Å². The number of carbonyl (C=O) groups is 2. The molecule has 1 aliphatic heterocycles. The first-order chi connectivity index (χ1) is 10.7. The second kappa shape index (κ2) is 5.76. The lowest BCUT2D eigenvalue weighted by Crippen LogP contribution is -2.38. The number of aromatic amines is 1. The van der Waals surface area contributed by atoms with Crippen molar-refractivity contribution in [2.24, 2.45) is 0 Å². The van der Waals surface area contributed by atoms with Gasteiger partial charge in [-0.2, -0.15) is 5.10 Å². The third-order valence-electron chi connectivity index (χ3n) is 3.31. The molecule has 0 aliphatic carbocycles. The van der Waals surface area contributed by atoms with Crippen molar-refractivity contribution in [2.45, 2.75) is 6.04 Å². The Bertz CT molecular complexity index is 712. The minimum atomic E-state index is -0.598. The first-order valence-electron chi connectivity index (χ1n) is 6.71. The zero-order valence-corrected chi connectivity index (χ0v) is 11.8. The van der Waals surface area contributed by atoms with Crippen molar-refractivity contribution >= 4 is 17.8 Å². The number of hydrogen-bond acceptors (Lipinski definition) is 4. The Balaban J connectivity index is 1.74. The van der Waals surface area contributed by atoms with Crippen LogP contribution in [0.5, 0.6) is 5.75 Å². The van der Waals surface area contributed by atoms with Gasteiger partial charge in [-0.3, -0.25) is 9.89 Å². The molecule has 0 bridgehead atoms. The number of methoxy groups -OCH3 is 1. The molecule has 0 spiro atoms. The molecule has 3 rings (SSSR count). The van der Waals surface area contributed by atoms with E-state index in [1.807, 2.05) is 24.3 Å². The maximum Gasteiger partial charge on any atom is 0.315 e. The van der Waals surface area contributed by atoms with Crippen LogP contribution in [0, 0.1) is 0 Å². The topological polar surface area (TPSA) is 108 Å². The van der Waals surface area contributed by atoms with Gasteiger partial charge in [0.25, 0.3) is 0 Å². The number of benzene rings is 1. The smallest absolute Gasteiger partial charge is 0.315 e. The van der Waals surface area contributed by atoms with Gasteiger partial charge in [-0.1, -0.05) is 12.1 Å². The zero-order chi connectivity index (χ0) is 15.5. The molecule has 1 unspecified atom stereocenters. The van der Waals surface area contributed by atoms with Crippen LogP contribution in [0.4, 0.5) is 10.6 Å². The van der Waals surface area contributed by atoms with Crippen LogP contribution in [-0.2, 0) is 4.79 Å². The van der Waals surface area contributed by atoms with Crippen LogP contribution in [0.2, 0.25) is 0 Å². The molecule has 22 heavy (non-hydrogen) atoms. The van der Waals surface area contributed by atoms with Crippen molar-refractivity contribution in [1.82, 2.24) is 20.8 Å². The molecule has 1 fully saturated rings. The van der Waals surface area contributed by atoms with E-state index < -0.39 is 6.04 Å². The standard InChI is InChI=1S/C14H15N5O3/c1-22-11-5-3-2-4-8(11)9-6-12(19-18-9)17-13(20)10-7-15-14(21)16-10/h2-6,10H,7H2,1H3,(H2,15,16,21)(H2,17,18,19,20). The van der Waals surface area contributed by atoms with Gasteiger partial charge in [-0.15, -0.1) is 0 Å². The van der Waals surface area contributed by atoms with E-state index in [1.54, 1.807) is 13.2 Å². The van der Waals surface area contributed by atoms with Crippen molar-refractivity contribution in [3.05, 3.63) is 30.3 Å². The summed E-state index contributed by atoms with van der Waals surface area (Å²) in [6.07, 6.45) is 0. The number of anilines is 1. The number of rotatable bonds is 4. The minimum absolute atomic E-state index is 0.258. The highest BCUT2D eigenvalue weighted by atomic mass is 16.5. The molecule has 8 heteroatoms. The van der Waals surface area contributed by atoms with Gasteiger partial charge >= 0.3 is 6.03 Å². The first kappa shape index (κ1) is 13.9. The average molecular weight is 301 g/mol. The van der Waals surface area contributed by atoms with Crippen LogP contribution in [-0.4, -0.2) is 41.8 Å². The number of para-hydroxylation sites is 1. The second-order valence-electron chi connectivity index (χ2n) is 4.76. The third-order valence-corrected chi connectivity index (χ3v) is 3.31. The quantitative estimate of drug-likeness (QED) is 0.666. The number of nitrogens with one attached hydrogen (secondary N) is 4. The Morgan fingerprint density at radius 1 is 1.41 bits per heavy atom. The molecule has 2 aromatic rings. The van der Waals surface area contributed by atoms with Gasteiger partial charge in [0, 0.05) is 18.2 Å². The van der Waals surface area contributed by atoms with Crippen molar-refractivity contribution in [2.75, 3.05) is 19.0 Å². The van der Waals surface area contributed by atoms with Crippen molar-refractivity contribution < 1.29 is 14.3 Å². The summed E-state index contributed by atoms with van der Waals surface area (Å²) in [5.74, 6) is 0.764. The Morgan fingerprint density at radius 2 is 2.23 bits per heavy atom. The Morgan fingerprint density at radius 3 is 2.95 bits per heavy atom. The number of nitrogens with zero attached hydrogens (tertiary/aromatic N) is 1. The molecule has 114 valence electrons. The first-order valence-corrected chi connectivity index (χ1v) is 6.71. The molecule has 3 amide bonds. The minimum Gasteiger partial charge on any atom is -0.496 e. The Hall–Kier alpha value is -3.03.